The van der Waals surface area contributed by atoms with Crippen LogP contribution in [-0.4, -0.2) is 9.55 Å². The lowest BCUT2D eigenvalue weighted by atomic mass is 9.86. The number of H-pyrrole nitrogens is 1. The van der Waals surface area contributed by atoms with Gasteiger partial charge in [0.1, 0.15) is 11.8 Å². The van der Waals surface area contributed by atoms with Gasteiger partial charge in [-0.2, -0.15) is 0 Å². The van der Waals surface area contributed by atoms with Crippen LogP contribution in [0.15, 0.2) is 156 Å². The third-order valence-electron chi connectivity index (χ3n) is 12.3. The van der Waals surface area contributed by atoms with Crippen LogP contribution in [0.4, 0.5) is 17.1 Å². The van der Waals surface area contributed by atoms with Crippen LogP contribution in [0.25, 0.3) is 71.4 Å². The minimum absolute atomic E-state index is 0.00700. The predicted octanol–water partition coefficient (Wildman–Crippen LogP) is 16.0. The van der Waals surface area contributed by atoms with Crippen LogP contribution in [0.1, 0.15) is 78.0 Å². The summed E-state index contributed by atoms with van der Waals surface area (Å²) < 4.78 is 8.72. The molecule has 4 nitrogen and oxygen atoms in total. The highest BCUT2D eigenvalue weighted by Gasteiger charge is 2.25. The first-order valence-electron chi connectivity index (χ1n) is 20.9. The van der Waals surface area contributed by atoms with Gasteiger partial charge in [0.15, 0.2) is 0 Å². The molecule has 3 heterocycles. The standard InChI is InChI=1S/C55H51N3O/c1-34(2)35-28-36(30-41(29-35)57(40-25-22-37(23-26-40)54(3,4)5)49-33-59-50-21-15-13-19-43(49)50)44-32-45-42-18-12-14-20-48(42)58(39-16-10-9-11-17-39)53(45)51-46-31-38(55(6,7)8)24-27-47(46)56-52(44)51/h9-34,56H,1-8H3. The molecule has 0 saturated heterocycles. The number of hydrogen-bond acceptors (Lipinski definition) is 2. The quantitative estimate of drug-likeness (QED) is 0.183. The van der Waals surface area contributed by atoms with E-state index >= 15 is 0 Å². The Morgan fingerprint density at radius 2 is 1.27 bits per heavy atom. The Balaban J connectivity index is 1.31. The van der Waals surface area contributed by atoms with E-state index < -0.39 is 0 Å². The number of aromatic amines is 1. The molecule has 0 saturated carbocycles. The second-order valence-corrected chi connectivity index (χ2v) is 18.6. The highest BCUT2D eigenvalue weighted by Crippen LogP contribution is 2.47. The first kappa shape index (κ1) is 36.8. The van der Waals surface area contributed by atoms with Gasteiger partial charge in [0.25, 0.3) is 0 Å². The molecular weight excluding hydrogens is 719 g/mol. The van der Waals surface area contributed by atoms with Crippen molar-refractivity contribution >= 4 is 71.6 Å². The molecule has 0 amide bonds. The number of benzene rings is 7. The van der Waals surface area contributed by atoms with E-state index in [4.69, 9.17) is 4.42 Å². The molecular formula is C55H51N3O. The molecule has 59 heavy (non-hydrogen) atoms. The Morgan fingerprint density at radius 1 is 0.593 bits per heavy atom. The van der Waals surface area contributed by atoms with Gasteiger partial charge in [-0.15, -0.1) is 0 Å². The maximum absolute atomic E-state index is 6.25. The summed E-state index contributed by atoms with van der Waals surface area (Å²) in [4.78, 5) is 6.38. The second-order valence-electron chi connectivity index (χ2n) is 18.6. The zero-order valence-electron chi connectivity index (χ0n) is 35.3. The topological polar surface area (TPSA) is 37.1 Å². The minimum Gasteiger partial charge on any atom is -0.462 e. The van der Waals surface area contributed by atoms with Crippen molar-refractivity contribution in [3.05, 3.63) is 169 Å². The third kappa shape index (κ3) is 6.12. The van der Waals surface area contributed by atoms with Crippen molar-refractivity contribution in [3.8, 4) is 16.8 Å². The number of anilines is 3. The van der Waals surface area contributed by atoms with Crippen LogP contribution in [0.2, 0.25) is 0 Å². The molecule has 0 aliphatic heterocycles. The molecule has 0 bridgehead atoms. The Hall–Kier alpha value is -6.52. The Labute approximate surface area is 346 Å². The number of aromatic nitrogens is 2. The lowest BCUT2D eigenvalue weighted by Gasteiger charge is -2.27. The van der Waals surface area contributed by atoms with Gasteiger partial charge in [0.2, 0.25) is 0 Å². The van der Waals surface area contributed by atoms with Gasteiger partial charge >= 0.3 is 0 Å². The molecule has 0 spiro atoms. The lowest BCUT2D eigenvalue weighted by Crippen LogP contribution is -2.13. The molecule has 0 unspecified atom stereocenters. The molecule has 0 aliphatic rings. The SMILES string of the molecule is CC(C)c1cc(-c2cc3c4ccccc4n(-c4ccccc4)c3c3c2[nH]c2ccc(C(C)(C)C)cc23)cc(N(c2ccc(C(C)(C)C)cc2)c2coc3ccccc23)c1. The molecule has 0 fully saturated rings. The maximum atomic E-state index is 6.25. The van der Waals surface area contributed by atoms with E-state index in [0.717, 1.165) is 44.8 Å². The monoisotopic (exact) mass is 769 g/mol. The Morgan fingerprint density at radius 3 is 2.00 bits per heavy atom. The Bertz CT molecular complexity index is 3200. The van der Waals surface area contributed by atoms with Gasteiger partial charge in [-0.1, -0.05) is 128 Å². The van der Waals surface area contributed by atoms with E-state index in [1.54, 1.807) is 0 Å². The number of hydrogen-bond donors (Lipinski definition) is 1. The zero-order chi connectivity index (χ0) is 40.8. The van der Waals surface area contributed by atoms with Crippen molar-refractivity contribution in [2.75, 3.05) is 4.90 Å². The third-order valence-corrected chi connectivity index (χ3v) is 12.3. The fourth-order valence-corrected chi connectivity index (χ4v) is 8.98. The average Bonchev–Trinajstić information content (AvgIpc) is 3.92. The second kappa shape index (κ2) is 13.5. The van der Waals surface area contributed by atoms with Crippen LogP contribution in [0.5, 0.6) is 0 Å². The van der Waals surface area contributed by atoms with Crippen molar-refractivity contribution in [1.82, 2.24) is 9.55 Å². The van der Waals surface area contributed by atoms with Crippen LogP contribution < -0.4 is 4.90 Å². The van der Waals surface area contributed by atoms with Gasteiger partial charge in [-0.05, 0) is 112 Å². The summed E-state index contributed by atoms with van der Waals surface area (Å²) in [6, 6.07) is 53.7. The predicted molar refractivity (Wildman–Crippen MR) is 252 cm³/mol. The number of nitrogens with one attached hydrogen (secondary N) is 1. The zero-order valence-corrected chi connectivity index (χ0v) is 35.3. The van der Waals surface area contributed by atoms with Gasteiger partial charge in [0.05, 0.1) is 22.2 Å². The first-order chi connectivity index (χ1) is 28.3. The summed E-state index contributed by atoms with van der Waals surface area (Å²) in [5, 5.41) is 6.03. The van der Waals surface area contributed by atoms with Crippen LogP contribution in [-0.2, 0) is 10.8 Å². The van der Waals surface area contributed by atoms with E-state index in [9.17, 15) is 0 Å². The number of fused-ring (bicyclic) bond motifs is 8. The molecule has 10 aromatic rings. The molecule has 3 aromatic heterocycles. The summed E-state index contributed by atoms with van der Waals surface area (Å²) in [5.41, 5.74) is 16.2. The van der Waals surface area contributed by atoms with Gasteiger partial charge in [0, 0.05) is 55.1 Å². The smallest absolute Gasteiger partial charge is 0.136 e. The van der Waals surface area contributed by atoms with Crippen LogP contribution >= 0.6 is 0 Å². The van der Waals surface area contributed by atoms with E-state index in [1.807, 2.05) is 12.3 Å². The average molecular weight is 770 g/mol. The first-order valence-corrected chi connectivity index (χ1v) is 20.9. The molecule has 0 aliphatic carbocycles. The highest BCUT2D eigenvalue weighted by molar-refractivity contribution is 6.28. The van der Waals surface area contributed by atoms with Crippen molar-refractivity contribution < 1.29 is 4.42 Å². The fraction of sp³-hybridized carbons (Fsp3) is 0.200. The number of nitrogens with zero attached hydrogens (tertiary/aromatic N) is 2. The van der Waals surface area contributed by atoms with Crippen molar-refractivity contribution in [3.63, 3.8) is 0 Å². The summed E-state index contributed by atoms with van der Waals surface area (Å²) in [5.74, 6) is 0.288. The Kier molecular flexibility index (Phi) is 8.44. The maximum Gasteiger partial charge on any atom is 0.136 e. The summed E-state index contributed by atoms with van der Waals surface area (Å²) in [7, 11) is 0. The molecule has 1 N–H and O–H groups in total. The lowest BCUT2D eigenvalue weighted by molar-refractivity contribution is 0.590. The number of para-hydroxylation sites is 3. The summed E-state index contributed by atoms with van der Waals surface area (Å²) in [6.07, 6.45) is 1.91. The largest absolute Gasteiger partial charge is 0.462 e. The van der Waals surface area contributed by atoms with Crippen molar-refractivity contribution in [2.24, 2.45) is 0 Å². The van der Waals surface area contributed by atoms with Crippen LogP contribution in [0.3, 0.4) is 0 Å². The molecule has 0 radical (unpaired) electrons. The molecule has 4 heteroatoms. The van der Waals surface area contributed by atoms with Crippen molar-refractivity contribution in [2.45, 2.75) is 72.1 Å². The van der Waals surface area contributed by atoms with Gasteiger partial charge in [-0.3, -0.25) is 0 Å². The minimum atomic E-state index is -0.00700. The highest BCUT2D eigenvalue weighted by atomic mass is 16.3. The fourth-order valence-electron chi connectivity index (χ4n) is 8.98. The van der Waals surface area contributed by atoms with E-state index in [2.05, 4.69) is 209 Å². The van der Waals surface area contributed by atoms with E-state index in [0.29, 0.717) is 0 Å². The van der Waals surface area contributed by atoms with Crippen LogP contribution in [0, 0.1) is 0 Å². The summed E-state index contributed by atoms with van der Waals surface area (Å²) >= 11 is 0. The molecule has 10 rings (SSSR count). The van der Waals surface area contributed by atoms with E-state index in [1.165, 1.54) is 60.4 Å². The van der Waals surface area contributed by atoms with E-state index in [-0.39, 0.29) is 16.7 Å². The number of furan rings is 1. The van der Waals surface area contributed by atoms with Crippen molar-refractivity contribution in [1.29, 1.82) is 0 Å². The molecule has 7 aromatic carbocycles. The normalized spacial score (nSPS) is 12.6. The summed E-state index contributed by atoms with van der Waals surface area (Å²) in [6.45, 7) is 18.3. The molecule has 292 valence electrons. The molecule has 0 atom stereocenters. The number of rotatable bonds is 6. The van der Waals surface area contributed by atoms with Gasteiger partial charge in [-0.25, -0.2) is 0 Å². The van der Waals surface area contributed by atoms with Gasteiger partial charge < -0.3 is 18.9 Å².